The number of aldehydes is 1. The standard InChI is InChI=1S/C15H24O4/c1-10-6-7-12(17)15(10,11(2)8-9-16)13(18)19-14(3,4)5/h9-11H,6-8H2,1-5H3/t10-,11+,15+/m1/s1. The molecule has 1 saturated carbocycles. The molecule has 0 amide bonds. The van der Waals surface area contributed by atoms with Gasteiger partial charge in [-0.25, -0.2) is 0 Å². The molecule has 108 valence electrons. The lowest BCUT2D eigenvalue weighted by Gasteiger charge is -2.37. The number of rotatable bonds is 4. The second-order valence-corrected chi connectivity index (χ2v) is 6.54. The molecule has 0 aromatic rings. The summed E-state index contributed by atoms with van der Waals surface area (Å²) < 4.78 is 5.46. The Hall–Kier alpha value is -1.19. The van der Waals surface area contributed by atoms with E-state index in [0.717, 1.165) is 6.29 Å². The maximum absolute atomic E-state index is 12.6. The summed E-state index contributed by atoms with van der Waals surface area (Å²) in [7, 11) is 0. The molecule has 0 radical (unpaired) electrons. The fourth-order valence-electron chi connectivity index (χ4n) is 3.03. The van der Waals surface area contributed by atoms with Gasteiger partial charge in [-0.15, -0.1) is 0 Å². The average molecular weight is 268 g/mol. The second-order valence-electron chi connectivity index (χ2n) is 6.54. The van der Waals surface area contributed by atoms with Crippen molar-refractivity contribution in [3.05, 3.63) is 0 Å². The van der Waals surface area contributed by atoms with Gasteiger partial charge in [-0.2, -0.15) is 0 Å². The molecule has 0 aromatic heterocycles. The summed E-state index contributed by atoms with van der Waals surface area (Å²) in [5.41, 5.74) is -1.78. The molecule has 1 aliphatic carbocycles. The predicted octanol–water partition coefficient (Wildman–Crippen LogP) is 2.54. The molecule has 0 spiro atoms. The molecule has 0 aromatic carbocycles. The van der Waals surface area contributed by atoms with Crippen LogP contribution in [-0.2, 0) is 19.1 Å². The minimum absolute atomic E-state index is 0.0789. The summed E-state index contributed by atoms with van der Waals surface area (Å²) >= 11 is 0. The fraction of sp³-hybridized carbons (Fsp3) is 0.800. The third kappa shape index (κ3) is 2.88. The van der Waals surface area contributed by atoms with Gasteiger partial charge in [-0.3, -0.25) is 9.59 Å². The molecular weight excluding hydrogens is 244 g/mol. The van der Waals surface area contributed by atoms with E-state index in [1.165, 1.54) is 0 Å². The molecule has 0 heterocycles. The Kier molecular flexibility index (Phi) is 4.54. The second kappa shape index (κ2) is 5.43. The maximum atomic E-state index is 12.6. The van der Waals surface area contributed by atoms with E-state index in [-0.39, 0.29) is 24.0 Å². The Morgan fingerprint density at radius 1 is 1.53 bits per heavy atom. The highest BCUT2D eigenvalue weighted by molar-refractivity contribution is 6.06. The number of hydrogen-bond acceptors (Lipinski definition) is 4. The van der Waals surface area contributed by atoms with Gasteiger partial charge in [0.15, 0.2) is 5.78 Å². The van der Waals surface area contributed by atoms with Crippen molar-refractivity contribution >= 4 is 18.0 Å². The Morgan fingerprint density at radius 3 is 2.47 bits per heavy atom. The van der Waals surface area contributed by atoms with Crippen LogP contribution in [0.5, 0.6) is 0 Å². The van der Waals surface area contributed by atoms with Gasteiger partial charge in [0.25, 0.3) is 0 Å². The Bertz CT molecular complexity index is 380. The highest BCUT2D eigenvalue weighted by Gasteiger charge is 2.58. The van der Waals surface area contributed by atoms with Crippen LogP contribution in [0.3, 0.4) is 0 Å². The summed E-state index contributed by atoms with van der Waals surface area (Å²) in [5.74, 6) is -0.942. The number of hydrogen-bond donors (Lipinski definition) is 0. The first-order valence-corrected chi connectivity index (χ1v) is 6.86. The minimum Gasteiger partial charge on any atom is -0.459 e. The van der Waals surface area contributed by atoms with Crippen molar-refractivity contribution in [2.75, 3.05) is 0 Å². The van der Waals surface area contributed by atoms with Crippen LogP contribution < -0.4 is 0 Å². The molecule has 1 fully saturated rings. The molecule has 0 aliphatic heterocycles. The molecule has 3 atom stereocenters. The number of ether oxygens (including phenoxy) is 1. The van der Waals surface area contributed by atoms with Crippen molar-refractivity contribution in [2.45, 2.75) is 59.5 Å². The Balaban J connectivity index is 3.16. The highest BCUT2D eigenvalue weighted by atomic mass is 16.6. The first-order valence-electron chi connectivity index (χ1n) is 6.86. The van der Waals surface area contributed by atoms with E-state index in [2.05, 4.69) is 0 Å². The lowest BCUT2D eigenvalue weighted by atomic mass is 9.67. The predicted molar refractivity (Wildman–Crippen MR) is 71.5 cm³/mol. The van der Waals surface area contributed by atoms with E-state index in [1.807, 2.05) is 6.92 Å². The van der Waals surface area contributed by atoms with Gasteiger partial charge in [-0.1, -0.05) is 13.8 Å². The topological polar surface area (TPSA) is 60.4 Å². The molecule has 4 nitrogen and oxygen atoms in total. The van der Waals surface area contributed by atoms with Gasteiger partial charge in [0.2, 0.25) is 0 Å². The first kappa shape index (κ1) is 15.9. The first-order chi connectivity index (χ1) is 8.66. The van der Waals surface area contributed by atoms with E-state index in [1.54, 1.807) is 27.7 Å². The maximum Gasteiger partial charge on any atom is 0.320 e. The number of Topliss-reactive ketones (excluding diaryl/α,β-unsaturated/α-hetero) is 1. The summed E-state index contributed by atoms with van der Waals surface area (Å²) in [5, 5.41) is 0. The van der Waals surface area contributed by atoms with Crippen LogP contribution in [0.2, 0.25) is 0 Å². The zero-order valence-corrected chi connectivity index (χ0v) is 12.5. The third-order valence-corrected chi connectivity index (χ3v) is 4.01. The van der Waals surface area contributed by atoms with Crippen molar-refractivity contribution in [3.8, 4) is 0 Å². The normalized spacial score (nSPS) is 29.1. The van der Waals surface area contributed by atoms with E-state index in [4.69, 9.17) is 4.74 Å². The smallest absolute Gasteiger partial charge is 0.320 e. The van der Waals surface area contributed by atoms with Gasteiger partial charge >= 0.3 is 5.97 Å². The van der Waals surface area contributed by atoms with Crippen LogP contribution in [0.25, 0.3) is 0 Å². The average Bonchev–Trinajstić information content (AvgIpc) is 2.53. The summed E-state index contributed by atoms with van der Waals surface area (Å²) in [6, 6.07) is 0. The van der Waals surface area contributed by atoms with Crippen LogP contribution >= 0.6 is 0 Å². The van der Waals surface area contributed by atoms with Crippen LogP contribution in [-0.4, -0.2) is 23.6 Å². The number of carbonyl (C=O) groups excluding carboxylic acids is 3. The minimum atomic E-state index is -1.14. The third-order valence-electron chi connectivity index (χ3n) is 4.01. The quantitative estimate of drug-likeness (QED) is 0.446. The summed E-state index contributed by atoms with van der Waals surface area (Å²) in [4.78, 5) is 35.7. The van der Waals surface area contributed by atoms with Crippen LogP contribution in [0.15, 0.2) is 0 Å². The lowest BCUT2D eigenvalue weighted by molar-refractivity contribution is -0.175. The van der Waals surface area contributed by atoms with E-state index in [0.29, 0.717) is 12.8 Å². The Morgan fingerprint density at radius 2 is 2.11 bits per heavy atom. The largest absolute Gasteiger partial charge is 0.459 e. The Labute approximate surface area is 114 Å². The van der Waals surface area contributed by atoms with Crippen LogP contribution in [0, 0.1) is 17.3 Å². The SMILES string of the molecule is C[C@@H]1CCC(=O)[C@@]1(C(=O)OC(C)(C)C)[C@@H](C)CC=O. The van der Waals surface area contributed by atoms with E-state index in [9.17, 15) is 14.4 Å². The molecule has 19 heavy (non-hydrogen) atoms. The van der Waals surface area contributed by atoms with Crippen molar-refractivity contribution in [1.29, 1.82) is 0 Å². The molecular formula is C15H24O4. The van der Waals surface area contributed by atoms with E-state index >= 15 is 0 Å². The highest BCUT2D eigenvalue weighted by Crippen LogP contribution is 2.48. The summed E-state index contributed by atoms with van der Waals surface area (Å²) in [6.07, 6.45) is 2.05. The van der Waals surface area contributed by atoms with Crippen molar-refractivity contribution < 1.29 is 19.1 Å². The van der Waals surface area contributed by atoms with Gasteiger partial charge < -0.3 is 9.53 Å². The van der Waals surface area contributed by atoms with Gasteiger partial charge in [-0.05, 0) is 39.0 Å². The molecule has 0 bridgehead atoms. The fourth-order valence-corrected chi connectivity index (χ4v) is 3.03. The van der Waals surface area contributed by atoms with Gasteiger partial charge in [0.05, 0.1) is 0 Å². The summed E-state index contributed by atoms with van der Waals surface area (Å²) in [6.45, 7) is 9.04. The number of esters is 1. The lowest BCUT2D eigenvalue weighted by Crippen LogP contribution is -2.48. The number of carbonyl (C=O) groups is 3. The van der Waals surface area contributed by atoms with Crippen LogP contribution in [0.4, 0.5) is 0 Å². The van der Waals surface area contributed by atoms with E-state index < -0.39 is 17.0 Å². The molecule has 0 saturated heterocycles. The molecule has 0 N–H and O–H groups in total. The van der Waals surface area contributed by atoms with Crippen molar-refractivity contribution in [3.63, 3.8) is 0 Å². The number of ketones is 1. The zero-order chi connectivity index (χ0) is 14.8. The molecule has 1 rings (SSSR count). The van der Waals surface area contributed by atoms with Crippen molar-refractivity contribution in [2.24, 2.45) is 17.3 Å². The molecule has 0 unspecified atom stereocenters. The zero-order valence-electron chi connectivity index (χ0n) is 12.5. The molecule has 4 heteroatoms. The monoisotopic (exact) mass is 268 g/mol. The molecule has 1 aliphatic rings. The van der Waals surface area contributed by atoms with Gasteiger partial charge in [0, 0.05) is 12.8 Å². The van der Waals surface area contributed by atoms with Crippen LogP contribution in [0.1, 0.15) is 53.9 Å². The van der Waals surface area contributed by atoms with Crippen molar-refractivity contribution in [1.82, 2.24) is 0 Å². The van der Waals surface area contributed by atoms with Gasteiger partial charge in [0.1, 0.15) is 17.3 Å².